The first kappa shape index (κ1) is 22.6. The zero-order valence-electron chi connectivity index (χ0n) is 18.6. The number of aryl methyl sites for hydroxylation is 2. The third kappa shape index (κ3) is 5.75. The third-order valence-electron chi connectivity index (χ3n) is 5.50. The number of benzene rings is 1. The molecule has 1 aromatic heterocycles. The maximum atomic E-state index is 12.6. The van der Waals surface area contributed by atoms with Gasteiger partial charge >= 0.3 is 5.97 Å². The Morgan fingerprint density at radius 3 is 2.65 bits per heavy atom. The van der Waals surface area contributed by atoms with Crippen LogP contribution in [0.25, 0.3) is 0 Å². The lowest BCUT2D eigenvalue weighted by atomic mass is 10.0. The zero-order chi connectivity index (χ0) is 22.5. The second kappa shape index (κ2) is 9.81. The molecule has 7 nitrogen and oxygen atoms in total. The number of aromatic nitrogens is 1. The lowest BCUT2D eigenvalue weighted by molar-refractivity contribution is -0.144. The number of nitrogens with zero attached hydrogens (tertiary/aromatic N) is 1. The lowest BCUT2D eigenvalue weighted by Crippen LogP contribution is -2.20. The summed E-state index contributed by atoms with van der Waals surface area (Å²) >= 11 is 0. The Bertz CT molecular complexity index is 990. The number of fused-ring (bicyclic) bond motifs is 1. The molecular formula is C24H30N2O5. The summed E-state index contributed by atoms with van der Waals surface area (Å²) in [6.07, 6.45) is 2.09. The number of esters is 1. The van der Waals surface area contributed by atoms with Crippen molar-refractivity contribution in [2.45, 2.75) is 53.5 Å². The van der Waals surface area contributed by atoms with Gasteiger partial charge in [-0.1, -0.05) is 13.8 Å². The second-order valence-electron chi connectivity index (χ2n) is 8.36. The Kier molecular flexibility index (Phi) is 7.15. The van der Waals surface area contributed by atoms with Crippen molar-refractivity contribution in [3.05, 3.63) is 46.8 Å². The van der Waals surface area contributed by atoms with Crippen molar-refractivity contribution < 1.29 is 23.9 Å². The highest BCUT2D eigenvalue weighted by Gasteiger charge is 2.18. The molecule has 1 N–H and O–H groups in total. The third-order valence-corrected chi connectivity index (χ3v) is 5.50. The molecule has 0 radical (unpaired) electrons. The van der Waals surface area contributed by atoms with E-state index in [1.807, 2.05) is 19.9 Å². The predicted octanol–water partition coefficient (Wildman–Crippen LogP) is 3.84. The molecule has 0 unspecified atom stereocenters. The monoisotopic (exact) mass is 426 g/mol. The molecule has 0 bridgehead atoms. The minimum Gasteiger partial charge on any atom is -0.482 e. The van der Waals surface area contributed by atoms with Gasteiger partial charge in [0.15, 0.2) is 13.2 Å². The molecule has 1 aliphatic heterocycles. The van der Waals surface area contributed by atoms with Gasteiger partial charge in [0.2, 0.25) is 11.7 Å². The van der Waals surface area contributed by atoms with Gasteiger partial charge in [-0.2, -0.15) is 0 Å². The van der Waals surface area contributed by atoms with Crippen molar-refractivity contribution in [2.75, 3.05) is 18.5 Å². The molecular weight excluding hydrogens is 396 g/mol. The quantitative estimate of drug-likeness (QED) is 0.486. The molecule has 2 heterocycles. The summed E-state index contributed by atoms with van der Waals surface area (Å²) in [7, 11) is 0. The van der Waals surface area contributed by atoms with Crippen molar-refractivity contribution in [3.8, 4) is 5.75 Å². The number of Topliss-reactive ketones (excluding diaryl/α,β-unsaturated/α-hetero) is 1. The van der Waals surface area contributed by atoms with Gasteiger partial charge in [-0.15, -0.1) is 0 Å². The van der Waals surface area contributed by atoms with E-state index in [0.29, 0.717) is 30.1 Å². The van der Waals surface area contributed by atoms with Gasteiger partial charge in [0, 0.05) is 35.6 Å². The van der Waals surface area contributed by atoms with Crippen LogP contribution in [0.1, 0.15) is 54.0 Å². The average molecular weight is 427 g/mol. The molecule has 1 amide bonds. The normalized spacial score (nSPS) is 13.0. The number of hydrogen-bond acceptors (Lipinski definition) is 5. The molecule has 0 aliphatic carbocycles. The average Bonchev–Trinajstić information content (AvgIpc) is 3.02. The van der Waals surface area contributed by atoms with Crippen LogP contribution in [0.15, 0.2) is 24.3 Å². The van der Waals surface area contributed by atoms with Crippen LogP contribution in [0, 0.1) is 19.8 Å². The number of ketones is 1. The van der Waals surface area contributed by atoms with Gasteiger partial charge in [0.1, 0.15) is 5.75 Å². The molecule has 7 heteroatoms. The number of nitrogens with one attached hydrogen (secondary N) is 1. The van der Waals surface area contributed by atoms with E-state index in [2.05, 4.69) is 23.7 Å². The van der Waals surface area contributed by atoms with Crippen molar-refractivity contribution in [3.63, 3.8) is 0 Å². The number of anilines is 1. The molecule has 166 valence electrons. The molecule has 0 saturated heterocycles. The highest BCUT2D eigenvalue weighted by Crippen LogP contribution is 2.26. The summed E-state index contributed by atoms with van der Waals surface area (Å²) in [4.78, 5) is 36.0. The summed E-state index contributed by atoms with van der Waals surface area (Å²) in [5.74, 6) is 0.270. The van der Waals surface area contributed by atoms with Crippen molar-refractivity contribution in [1.82, 2.24) is 4.57 Å². The summed E-state index contributed by atoms with van der Waals surface area (Å²) in [6, 6.07) is 7.11. The predicted molar refractivity (Wildman–Crippen MR) is 118 cm³/mol. The first-order valence-electron chi connectivity index (χ1n) is 10.7. The fraction of sp³-hybridized carbons (Fsp3) is 0.458. The van der Waals surface area contributed by atoms with Gasteiger partial charge in [-0.3, -0.25) is 9.59 Å². The largest absolute Gasteiger partial charge is 0.482 e. The number of amides is 1. The Morgan fingerprint density at radius 1 is 1.13 bits per heavy atom. The highest BCUT2D eigenvalue weighted by atomic mass is 16.6. The van der Waals surface area contributed by atoms with E-state index >= 15 is 0 Å². The maximum Gasteiger partial charge on any atom is 0.344 e. The first-order chi connectivity index (χ1) is 14.7. The fourth-order valence-corrected chi connectivity index (χ4v) is 3.67. The van der Waals surface area contributed by atoms with Crippen molar-refractivity contribution in [1.29, 1.82) is 0 Å². The topological polar surface area (TPSA) is 86.6 Å². The molecule has 1 aromatic carbocycles. The molecule has 3 rings (SSSR count). The van der Waals surface area contributed by atoms with Crippen LogP contribution >= 0.6 is 0 Å². The molecule has 0 atom stereocenters. The summed E-state index contributed by atoms with van der Waals surface area (Å²) < 4.78 is 12.8. The van der Waals surface area contributed by atoms with Crippen LogP contribution in [0.4, 0.5) is 5.69 Å². The lowest BCUT2D eigenvalue weighted by Gasteiger charge is -2.17. The molecule has 0 saturated carbocycles. The Hall–Kier alpha value is -3.09. The van der Waals surface area contributed by atoms with Crippen LogP contribution in [0.3, 0.4) is 0 Å². The SMILES string of the molecule is Cc1cc(C(=O)COC(=O)COc2ccc3c(c2)CCC(=O)N3)c(C)n1CCC(C)C. The molecule has 0 fully saturated rings. The van der Waals surface area contributed by atoms with Gasteiger partial charge in [-0.25, -0.2) is 4.79 Å². The van der Waals surface area contributed by atoms with Crippen molar-refractivity contribution >= 4 is 23.3 Å². The van der Waals surface area contributed by atoms with E-state index in [4.69, 9.17) is 9.47 Å². The number of hydrogen-bond donors (Lipinski definition) is 1. The van der Waals surface area contributed by atoms with E-state index in [9.17, 15) is 14.4 Å². The molecule has 2 aromatic rings. The van der Waals surface area contributed by atoms with Gasteiger partial charge in [0.25, 0.3) is 0 Å². The smallest absolute Gasteiger partial charge is 0.344 e. The highest BCUT2D eigenvalue weighted by molar-refractivity contribution is 5.99. The van der Waals surface area contributed by atoms with Crippen LogP contribution in [0.5, 0.6) is 5.75 Å². The number of carbonyl (C=O) groups is 3. The van der Waals surface area contributed by atoms with Crippen LogP contribution in [0.2, 0.25) is 0 Å². The van der Waals surface area contributed by atoms with Crippen LogP contribution < -0.4 is 10.1 Å². The Morgan fingerprint density at radius 2 is 1.90 bits per heavy atom. The van der Waals surface area contributed by atoms with Crippen molar-refractivity contribution in [2.24, 2.45) is 5.92 Å². The standard InChI is InChI=1S/C24H30N2O5/c1-15(2)9-10-26-16(3)11-20(17(26)4)22(27)13-31-24(29)14-30-19-6-7-21-18(12-19)5-8-23(28)25-21/h6-7,11-12,15H,5,8-10,13-14H2,1-4H3,(H,25,28). The van der Waals surface area contributed by atoms with E-state index in [1.165, 1.54) is 0 Å². The Balaban J connectivity index is 1.50. The van der Waals surface area contributed by atoms with E-state index in [0.717, 1.165) is 35.6 Å². The fourth-order valence-electron chi connectivity index (χ4n) is 3.67. The number of ether oxygens (including phenoxy) is 2. The minimum atomic E-state index is -0.604. The van der Waals surface area contributed by atoms with Gasteiger partial charge in [0.05, 0.1) is 0 Å². The Labute approximate surface area is 182 Å². The summed E-state index contributed by atoms with van der Waals surface area (Å²) in [5, 5.41) is 2.80. The second-order valence-corrected chi connectivity index (χ2v) is 8.36. The zero-order valence-corrected chi connectivity index (χ0v) is 18.6. The maximum absolute atomic E-state index is 12.6. The van der Waals surface area contributed by atoms with E-state index in [-0.39, 0.29) is 24.9 Å². The van der Waals surface area contributed by atoms with Crippen LogP contribution in [-0.4, -0.2) is 35.4 Å². The van der Waals surface area contributed by atoms with Gasteiger partial charge < -0.3 is 19.4 Å². The minimum absolute atomic E-state index is 0.00453. The van der Waals surface area contributed by atoms with E-state index < -0.39 is 5.97 Å². The summed E-state index contributed by atoms with van der Waals surface area (Å²) in [6.45, 7) is 8.50. The molecule has 31 heavy (non-hydrogen) atoms. The number of rotatable bonds is 9. The number of carbonyl (C=O) groups excluding carboxylic acids is 3. The van der Waals surface area contributed by atoms with E-state index in [1.54, 1.807) is 18.2 Å². The summed E-state index contributed by atoms with van der Waals surface area (Å²) in [5.41, 5.74) is 4.25. The first-order valence-corrected chi connectivity index (χ1v) is 10.7. The van der Waals surface area contributed by atoms with Crippen LogP contribution in [-0.2, 0) is 27.3 Å². The molecule has 0 spiro atoms. The van der Waals surface area contributed by atoms with Gasteiger partial charge in [-0.05, 0) is 62.4 Å². The molecule has 1 aliphatic rings.